The average Bonchev–Trinajstić information content (AvgIpc) is 2.55. The zero-order valence-corrected chi connectivity index (χ0v) is 13.8. The van der Waals surface area contributed by atoms with Crippen LogP contribution >= 0.6 is 0 Å². The van der Waals surface area contributed by atoms with Crippen LogP contribution in [0, 0.1) is 0 Å². The van der Waals surface area contributed by atoms with Gasteiger partial charge in [-0.25, -0.2) is 4.79 Å². The highest BCUT2D eigenvalue weighted by Crippen LogP contribution is 2.18. The van der Waals surface area contributed by atoms with Crippen molar-refractivity contribution < 1.29 is 14.3 Å². The number of nitrogens with one attached hydrogen (secondary N) is 1. The lowest BCUT2D eigenvalue weighted by Crippen LogP contribution is -2.29. The molecule has 1 atom stereocenters. The van der Waals surface area contributed by atoms with Crippen LogP contribution in [0.2, 0.25) is 0 Å². The SMILES string of the molecule is COC(=O)C(NCc1cccc(OC(C)C)c1)c1ccccc1. The largest absolute Gasteiger partial charge is 0.491 e. The van der Waals surface area contributed by atoms with Crippen molar-refractivity contribution in [3.8, 4) is 5.75 Å². The Morgan fingerprint density at radius 1 is 1.09 bits per heavy atom. The van der Waals surface area contributed by atoms with Gasteiger partial charge in [0.2, 0.25) is 0 Å². The Morgan fingerprint density at radius 2 is 1.83 bits per heavy atom. The number of ether oxygens (including phenoxy) is 2. The van der Waals surface area contributed by atoms with E-state index in [-0.39, 0.29) is 12.1 Å². The summed E-state index contributed by atoms with van der Waals surface area (Å²) in [4.78, 5) is 12.0. The number of carbonyl (C=O) groups is 1. The van der Waals surface area contributed by atoms with E-state index in [2.05, 4.69) is 5.32 Å². The number of hydrogen-bond donors (Lipinski definition) is 1. The lowest BCUT2D eigenvalue weighted by atomic mass is 10.1. The molecule has 2 rings (SSSR count). The van der Waals surface area contributed by atoms with Gasteiger partial charge in [0.1, 0.15) is 11.8 Å². The van der Waals surface area contributed by atoms with E-state index in [9.17, 15) is 4.79 Å². The second-order valence-corrected chi connectivity index (χ2v) is 5.56. The summed E-state index contributed by atoms with van der Waals surface area (Å²) in [5, 5.41) is 3.25. The summed E-state index contributed by atoms with van der Waals surface area (Å²) in [6, 6.07) is 16.9. The van der Waals surface area contributed by atoms with E-state index < -0.39 is 6.04 Å². The molecular formula is C19H23NO3. The Bertz CT molecular complexity index is 626. The molecule has 0 bridgehead atoms. The van der Waals surface area contributed by atoms with Crippen LogP contribution in [0.4, 0.5) is 0 Å². The third kappa shape index (κ3) is 5.11. The molecule has 1 N–H and O–H groups in total. The van der Waals surface area contributed by atoms with Gasteiger partial charge in [-0.2, -0.15) is 0 Å². The predicted octanol–water partition coefficient (Wildman–Crippen LogP) is 3.48. The van der Waals surface area contributed by atoms with E-state index in [1.54, 1.807) is 0 Å². The molecule has 0 aromatic heterocycles. The quantitative estimate of drug-likeness (QED) is 0.795. The van der Waals surface area contributed by atoms with Gasteiger partial charge in [-0.15, -0.1) is 0 Å². The minimum Gasteiger partial charge on any atom is -0.491 e. The topological polar surface area (TPSA) is 47.6 Å². The van der Waals surface area contributed by atoms with Gasteiger partial charge in [0.15, 0.2) is 0 Å². The van der Waals surface area contributed by atoms with Gasteiger partial charge in [0.25, 0.3) is 0 Å². The maximum atomic E-state index is 12.0. The highest BCUT2D eigenvalue weighted by atomic mass is 16.5. The first-order valence-electron chi connectivity index (χ1n) is 7.72. The summed E-state index contributed by atoms with van der Waals surface area (Å²) >= 11 is 0. The molecule has 2 aromatic carbocycles. The summed E-state index contributed by atoms with van der Waals surface area (Å²) in [7, 11) is 1.40. The predicted molar refractivity (Wildman–Crippen MR) is 90.2 cm³/mol. The maximum absolute atomic E-state index is 12.0. The minimum atomic E-state index is -0.490. The zero-order chi connectivity index (χ0) is 16.7. The molecule has 2 aromatic rings. The van der Waals surface area contributed by atoms with Crippen molar-refractivity contribution in [3.63, 3.8) is 0 Å². The third-order valence-electron chi connectivity index (χ3n) is 3.35. The molecule has 1 unspecified atom stereocenters. The molecule has 0 radical (unpaired) electrons. The molecule has 4 nitrogen and oxygen atoms in total. The molecule has 0 amide bonds. The van der Waals surface area contributed by atoms with E-state index in [4.69, 9.17) is 9.47 Å². The molecule has 0 saturated carbocycles. The van der Waals surface area contributed by atoms with Crippen molar-refractivity contribution in [2.24, 2.45) is 0 Å². The lowest BCUT2D eigenvalue weighted by molar-refractivity contribution is -0.143. The summed E-state index contributed by atoms with van der Waals surface area (Å²) in [6.07, 6.45) is 0.130. The molecule has 0 fully saturated rings. The summed E-state index contributed by atoms with van der Waals surface area (Å²) in [6.45, 7) is 4.53. The van der Waals surface area contributed by atoms with E-state index >= 15 is 0 Å². The molecule has 23 heavy (non-hydrogen) atoms. The van der Waals surface area contributed by atoms with Gasteiger partial charge in [0.05, 0.1) is 13.2 Å². The fourth-order valence-electron chi connectivity index (χ4n) is 2.32. The summed E-state index contributed by atoms with van der Waals surface area (Å²) < 4.78 is 10.6. The molecular weight excluding hydrogens is 290 g/mol. The first-order valence-corrected chi connectivity index (χ1v) is 7.72. The Hall–Kier alpha value is -2.33. The first-order chi connectivity index (χ1) is 11.1. The monoisotopic (exact) mass is 313 g/mol. The number of benzene rings is 2. The van der Waals surface area contributed by atoms with E-state index in [0.29, 0.717) is 6.54 Å². The van der Waals surface area contributed by atoms with Crippen LogP contribution in [-0.4, -0.2) is 19.2 Å². The molecule has 4 heteroatoms. The number of methoxy groups -OCH3 is 1. The zero-order valence-electron chi connectivity index (χ0n) is 13.8. The van der Waals surface area contributed by atoms with Crippen molar-refractivity contribution >= 4 is 5.97 Å². The number of rotatable bonds is 7. The van der Waals surface area contributed by atoms with Gasteiger partial charge in [-0.3, -0.25) is 5.32 Å². The molecule has 0 aliphatic carbocycles. The van der Waals surface area contributed by atoms with Crippen LogP contribution in [-0.2, 0) is 16.1 Å². The second-order valence-electron chi connectivity index (χ2n) is 5.56. The first kappa shape index (κ1) is 17.0. The molecule has 0 heterocycles. The van der Waals surface area contributed by atoms with Gasteiger partial charge < -0.3 is 9.47 Å². The van der Waals surface area contributed by atoms with Crippen molar-refractivity contribution in [3.05, 3.63) is 65.7 Å². The Kier molecular flexibility index (Phi) is 6.18. The highest BCUT2D eigenvalue weighted by Gasteiger charge is 2.20. The summed E-state index contributed by atoms with van der Waals surface area (Å²) in [5.74, 6) is 0.527. The molecule has 0 aliphatic rings. The van der Waals surface area contributed by atoms with Crippen LogP contribution in [0.3, 0.4) is 0 Å². The lowest BCUT2D eigenvalue weighted by Gasteiger charge is -2.17. The molecule has 122 valence electrons. The fourth-order valence-corrected chi connectivity index (χ4v) is 2.32. The maximum Gasteiger partial charge on any atom is 0.327 e. The van der Waals surface area contributed by atoms with Gasteiger partial charge in [-0.1, -0.05) is 42.5 Å². The second kappa shape index (κ2) is 8.34. The van der Waals surface area contributed by atoms with Crippen molar-refractivity contribution in [2.45, 2.75) is 32.5 Å². The van der Waals surface area contributed by atoms with E-state index in [0.717, 1.165) is 16.9 Å². The van der Waals surface area contributed by atoms with E-state index in [1.807, 2.05) is 68.4 Å². The van der Waals surface area contributed by atoms with Gasteiger partial charge in [-0.05, 0) is 37.1 Å². The Labute approximate surface area is 137 Å². The van der Waals surface area contributed by atoms with Crippen LogP contribution in [0.15, 0.2) is 54.6 Å². The number of carbonyl (C=O) groups excluding carboxylic acids is 1. The van der Waals surface area contributed by atoms with Crippen molar-refractivity contribution in [2.75, 3.05) is 7.11 Å². The van der Waals surface area contributed by atoms with Crippen LogP contribution in [0.1, 0.15) is 31.0 Å². The van der Waals surface area contributed by atoms with Crippen LogP contribution in [0.25, 0.3) is 0 Å². The van der Waals surface area contributed by atoms with Gasteiger partial charge >= 0.3 is 5.97 Å². The molecule has 0 saturated heterocycles. The normalized spacial score (nSPS) is 12.0. The van der Waals surface area contributed by atoms with E-state index in [1.165, 1.54) is 7.11 Å². The van der Waals surface area contributed by atoms with Crippen LogP contribution < -0.4 is 10.1 Å². The Balaban J connectivity index is 2.08. The standard InChI is InChI=1S/C19H23NO3/c1-14(2)23-17-11-7-8-15(12-17)13-20-18(19(21)22-3)16-9-5-4-6-10-16/h4-12,14,18,20H,13H2,1-3H3. The van der Waals surface area contributed by atoms with Gasteiger partial charge in [0, 0.05) is 6.54 Å². The fraction of sp³-hybridized carbons (Fsp3) is 0.316. The van der Waals surface area contributed by atoms with Crippen LogP contribution in [0.5, 0.6) is 5.75 Å². The van der Waals surface area contributed by atoms with Crippen molar-refractivity contribution in [1.29, 1.82) is 0 Å². The minimum absolute atomic E-state index is 0.130. The van der Waals surface area contributed by atoms with Crippen molar-refractivity contribution in [1.82, 2.24) is 5.32 Å². The third-order valence-corrected chi connectivity index (χ3v) is 3.35. The Morgan fingerprint density at radius 3 is 2.48 bits per heavy atom. The smallest absolute Gasteiger partial charge is 0.327 e. The molecule has 0 aliphatic heterocycles. The number of esters is 1. The summed E-state index contributed by atoms with van der Waals surface area (Å²) in [5.41, 5.74) is 1.93. The molecule has 0 spiro atoms. The number of hydrogen-bond acceptors (Lipinski definition) is 4. The average molecular weight is 313 g/mol. The highest BCUT2D eigenvalue weighted by molar-refractivity contribution is 5.77.